The van der Waals surface area contributed by atoms with Crippen molar-refractivity contribution in [2.45, 2.75) is 86.1 Å². The number of ether oxygens (including phenoxy) is 1. The maximum atomic E-state index is 11.6. The van der Waals surface area contributed by atoms with Crippen LogP contribution in [0.25, 0.3) is 0 Å². The van der Waals surface area contributed by atoms with E-state index in [0.717, 1.165) is 37.9 Å². The molecule has 0 N–H and O–H groups in total. The molecule has 0 bridgehead atoms. The summed E-state index contributed by atoms with van der Waals surface area (Å²) >= 11 is 0. The smallest absolute Gasteiger partial charge is 0.330 e. The topological polar surface area (TPSA) is 35.5 Å². The van der Waals surface area contributed by atoms with Crippen LogP contribution in [-0.4, -0.2) is 27.5 Å². The minimum atomic E-state index is -2.53. The third-order valence-corrected chi connectivity index (χ3v) is 12.5. The van der Waals surface area contributed by atoms with Gasteiger partial charge in [0, 0.05) is 12.7 Å². The second-order valence-electron chi connectivity index (χ2n) is 11.8. The molecule has 0 radical (unpaired) electrons. The van der Waals surface area contributed by atoms with E-state index in [1.807, 2.05) is 13.8 Å². The van der Waals surface area contributed by atoms with Crippen molar-refractivity contribution in [2.75, 3.05) is 13.2 Å². The van der Waals surface area contributed by atoms with Crippen LogP contribution in [0.5, 0.6) is 0 Å². The first kappa shape index (κ1) is 31.8. The maximum Gasteiger partial charge on any atom is 0.330 e. The Morgan fingerprint density at radius 1 is 0.895 bits per heavy atom. The number of benzene rings is 2. The lowest BCUT2D eigenvalue weighted by atomic mass is 9.90. The molecule has 2 rings (SSSR count). The molecule has 4 heteroatoms. The zero-order valence-electron chi connectivity index (χ0n) is 25.1. The van der Waals surface area contributed by atoms with E-state index in [1.54, 1.807) is 6.08 Å². The fourth-order valence-corrected chi connectivity index (χ4v) is 9.74. The van der Waals surface area contributed by atoms with Gasteiger partial charge in [-0.2, -0.15) is 0 Å². The quantitative estimate of drug-likeness (QED) is 0.107. The van der Waals surface area contributed by atoms with Crippen LogP contribution in [0, 0.1) is 11.8 Å². The highest BCUT2D eigenvalue weighted by atomic mass is 28.4. The number of esters is 1. The zero-order valence-corrected chi connectivity index (χ0v) is 26.1. The van der Waals surface area contributed by atoms with Crippen molar-refractivity contribution in [1.82, 2.24) is 0 Å². The summed E-state index contributed by atoms with van der Waals surface area (Å²) in [4.78, 5) is 11.6. The number of allylic oxidation sites excluding steroid dienone is 3. The zero-order chi connectivity index (χ0) is 28.2. The standard InChI is InChI=1S/C34H50O3Si/c1-9-36-33(35)25-29(5)18-16-17-28(4)23-24-30(27(2)3)26-37-38(34(6,7)8,31-19-12-10-13-20-31)32-21-14-11-15-22-32/h10-15,17,19-22,25,27,30H,9,16,18,23-24,26H2,1-8H3/b28-17+,29-25+. The molecule has 1 unspecified atom stereocenters. The van der Waals surface area contributed by atoms with Crippen LogP contribution in [0.15, 0.2) is 84.0 Å². The molecule has 0 aliphatic rings. The van der Waals surface area contributed by atoms with Crippen LogP contribution in [-0.2, 0) is 14.0 Å². The van der Waals surface area contributed by atoms with Gasteiger partial charge in [-0.25, -0.2) is 4.79 Å². The maximum absolute atomic E-state index is 11.6. The minimum Gasteiger partial charge on any atom is -0.463 e. The van der Waals surface area contributed by atoms with Crippen LogP contribution in [0.1, 0.15) is 81.1 Å². The van der Waals surface area contributed by atoms with E-state index in [0.29, 0.717) is 18.4 Å². The van der Waals surface area contributed by atoms with E-state index >= 15 is 0 Å². The summed E-state index contributed by atoms with van der Waals surface area (Å²) in [6.07, 6.45) is 7.93. The van der Waals surface area contributed by atoms with Gasteiger partial charge in [0.1, 0.15) is 0 Å². The number of hydrogen-bond acceptors (Lipinski definition) is 3. The van der Waals surface area contributed by atoms with Gasteiger partial charge in [0.05, 0.1) is 6.61 Å². The van der Waals surface area contributed by atoms with Crippen molar-refractivity contribution in [3.63, 3.8) is 0 Å². The number of hydrogen-bond donors (Lipinski definition) is 0. The molecule has 0 aromatic heterocycles. The fourth-order valence-electron chi connectivity index (χ4n) is 5.12. The lowest BCUT2D eigenvalue weighted by Crippen LogP contribution is -2.67. The Labute approximate surface area is 233 Å². The highest BCUT2D eigenvalue weighted by Gasteiger charge is 2.50. The SMILES string of the molecule is CCOC(=O)/C=C(\C)CC/C=C(\C)CCC(CO[Si](c1ccccc1)(c1ccccc1)C(C)(C)C)C(C)C. The molecule has 0 fully saturated rings. The highest BCUT2D eigenvalue weighted by molar-refractivity contribution is 6.99. The highest BCUT2D eigenvalue weighted by Crippen LogP contribution is 2.37. The van der Waals surface area contributed by atoms with E-state index < -0.39 is 8.32 Å². The second-order valence-corrected chi connectivity index (χ2v) is 16.2. The molecule has 0 aliphatic carbocycles. The first-order valence-electron chi connectivity index (χ1n) is 14.3. The van der Waals surface area contributed by atoms with Gasteiger partial charge in [-0.3, -0.25) is 0 Å². The molecule has 2 aromatic carbocycles. The number of carbonyl (C=O) groups excluding carboxylic acids is 1. The van der Waals surface area contributed by atoms with Crippen LogP contribution < -0.4 is 10.4 Å². The Morgan fingerprint density at radius 2 is 1.45 bits per heavy atom. The van der Waals surface area contributed by atoms with Crippen LogP contribution in [0.4, 0.5) is 0 Å². The molecule has 0 saturated heterocycles. The molecule has 2 aromatic rings. The van der Waals surface area contributed by atoms with Gasteiger partial charge in [0.25, 0.3) is 8.32 Å². The molecular formula is C34H50O3Si. The van der Waals surface area contributed by atoms with Gasteiger partial charge in [-0.1, -0.05) is 113 Å². The largest absolute Gasteiger partial charge is 0.463 e. The summed E-state index contributed by atoms with van der Waals surface area (Å²) in [5.41, 5.74) is 2.47. The minimum absolute atomic E-state index is 0.0119. The van der Waals surface area contributed by atoms with Gasteiger partial charge in [0.2, 0.25) is 0 Å². The van der Waals surface area contributed by atoms with Crippen molar-refractivity contribution in [2.24, 2.45) is 11.8 Å². The van der Waals surface area contributed by atoms with Gasteiger partial charge in [-0.05, 0) is 73.7 Å². The monoisotopic (exact) mass is 534 g/mol. The molecule has 0 aliphatic heterocycles. The lowest BCUT2D eigenvalue weighted by Gasteiger charge is -2.44. The lowest BCUT2D eigenvalue weighted by molar-refractivity contribution is -0.137. The molecule has 208 valence electrons. The third kappa shape index (κ3) is 9.09. The van der Waals surface area contributed by atoms with Crippen LogP contribution >= 0.6 is 0 Å². The molecule has 0 saturated carbocycles. The Morgan fingerprint density at radius 3 is 1.92 bits per heavy atom. The van der Waals surface area contributed by atoms with Crippen molar-refractivity contribution < 1.29 is 14.0 Å². The first-order chi connectivity index (χ1) is 18.0. The molecule has 1 atom stereocenters. The molecule has 0 heterocycles. The Balaban J connectivity index is 2.15. The molecule has 38 heavy (non-hydrogen) atoms. The van der Waals surface area contributed by atoms with Gasteiger partial charge in [-0.15, -0.1) is 0 Å². The normalized spacial score (nSPS) is 14.0. The summed E-state index contributed by atoms with van der Waals surface area (Å²) in [5.74, 6) is 0.771. The molecule has 3 nitrogen and oxygen atoms in total. The Hall–Kier alpha value is -2.43. The van der Waals surface area contributed by atoms with E-state index in [2.05, 4.69) is 108 Å². The summed E-state index contributed by atoms with van der Waals surface area (Å²) < 4.78 is 12.3. The molecule has 0 amide bonds. The van der Waals surface area contributed by atoms with Crippen molar-refractivity contribution in [3.8, 4) is 0 Å². The summed E-state index contributed by atoms with van der Waals surface area (Å²) in [5, 5.41) is 2.66. The van der Waals surface area contributed by atoms with Gasteiger partial charge in [0.15, 0.2) is 0 Å². The Kier molecular flexibility index (Phi) is 12.7. The van der Waals surface area contributed by atoms with Crippen molar-refractivity contribution in [3.05, 3.63) is 84.0 Å². The Bertz CT molecular complexity index is 993. The van der Waals surface area contributed by atoms with Crippen LogP contribution in [0.3, 0.4) is 0 Å². The van der Waals surface area contributed by atoms with Crippen molar-refractivity contribution >= 4 is 24.7 Å². The predicted molar refractivity (Wildman–Crippen MR) is 165 cm³/mol. The average molecular weight is 535 g/mol. The second kappa shape index (κ2) is 15.2. The van der Waals surface area contributed by atoms with Gasteiger partial charge < -0.3 is 9.16 Å². The summed E-state index contributed by atoms with van der Waals surface area (Å²) in [6, 6.07) is 21.8. The first-order valence-corrected chi connectivity index (χ1v) is 16.2. The summed E-state index contributed by atoms with van der Waals surface area (Å²) in [7, 11) is -2.53. The van der Waals surface area contributed by atoms with E-state index in [9.17, 15) is 4.79 Å². The number of rotatable bonds is 14. The fraction of sp³-hybridized carbons (Fsp3) is 0.500. The van der Waals surface area contributed by atoms with E-state index in [4.69, 9.17) is 9.16 Å². The average Bonchev–Trinajstić information content (AvgIpc) is 2.86. The van der Waals surface area contributed by atoms with Gasteiger partial charge >= 0.3 is 5.97 Å². The third-order valence-electron chi connectivity index (χ3n) is 7.47. The number of carbonyl (C=O) groups is 1. The predicted octanol–water partition coefficient (Wildman–Crippen LogP) is 7.85. The van der Waals surface area contributed by atoms with E-state index in [1.165, 1.54) is 15.9 Å². The summed E-state index contributed by atoms with van der Waals surface area (Å²) in [6.45, 7) is 18.9. The molecule has 0 spiro atoms. The van der Waals surface area contributed by atoms with E-state index in [-0.39, 0.29) is 11.0 Å². The molecular weight excluding hydrogens is 484 g/mol. The van der Waals surface area contributed by atoms with Crippen molar-refractivity contribution in [1.29, 1.82) is 0 Å². The van der Waals surface area contributed by atoms with Crippen LogP contribution in [0.2, 0.25) is 5.04 Å².